The largest absolute Gasteiger partial charge is 0.494 e. The second-order valence-corrected chi connectivity index (χ2v) is 7.86. The molecule has 0 saturated heterocycles. The Morgan fingerprint density at radius 1 is 1.07 bits per heavy atom. The first-order valence-electron chi connectivity index (χ1n) is 8.77. The van der Waals surface area contributed by atoms with Crippen LogP contribution in [0.4, 0.5) is 0 Å². The number of hydrogen-bond donors (Lipinski definition) is 1. The van der Waals surface area contributed by atoms with E-state index in [9.17, 15) is 9.00 Å². The van der Waals surface area contributed by atoms with E-state index in [0.717, 1.165) is 11.3 Å². The summed E-state index contributed by atoms with van der Waals surface area (Å²) >= 11 is 5.84. The number of halogens is 1. The fraction of sp³-hybridized carbons (Fsp3) is 0.190. The van der Waals surface area contributed by atoms with Crippen molar-refractivity contribution in [1.82, 2.24) is 5.32 Å². The number of hydrogen-bond acceptors (Lipinski definition) is 4. The number of benzene rings is 2. The highest BCUT2D eigenvalue weighted by Gasteiger charge is 2.13. The second-order valence-electron chi connectivity index (χ2n) is 5.97. The van der Waals surface area contributed by atoms with Crippen molar-refractivity contribution in [3.8, 4) is 5.75 Å². The van der Waals surface area contributed by atoms with Crippen LogP contribution in [0.1, 0.15) is 28.8 Å². The van der Waals surface area contributed by atoms with Crippen molar-refractivity contribution in [2.24, 2.45) is 0 Å². The molecule has 5 nitrogen and oxygen atoms in total. The van der Waals surface area contributed by atoms with Crippen molar-refractivity contribution in [3.05, 3.63) is 82.8 Å². The molecule has 0 saturated carbocycles. The average molecular weight is 418 g/mol. The van der Waals surface area contributed by atoms with E-state index in [1.807, 2.05) is 31.2 Å². The van der Waals surface area contributed by atoms with Gasteiger partial charge in [-0.25, -0.2) is 0 Å². The molecule has 28 heavy (non-hydrogen) atoms. The van der Waals surface area contributed by atoms with Crippen LogP contribution in [0.15, 0.2) is 70.0 Å². The maximum atomic E-state index is 12.4. The minimum atomic E-state index is -1.28. The first kappa shape index (κ1) is 20.2. The molecular weight excluding hydrogens is 398 g/mol. The quantitative estimate of drug-likeness (QED) is 0.583. The standard InChI is InChI=1S/C21H20ClNO4S/c1-2-26-17-7-3-15(4-8-17)13-23-21(24)20-12-9-18(27-20)14-28(25)19-10-5-16(22)6-11-19/h3-12H,2,13-14H2,1H3,(H,23,24). The van der Waals surface area contributed by atoms with Gasteiger partial charge in [-0.1, -0.05) is 23.7 Å². The number of carbonyl (C=O) groups excluding carboxylic acids is 1. The molecule has 0 aliphatic rings. The maximum Gasteiger partial charge on any atom is 0.287 e. The molecule has 2 aromatic carbocycles. The molecule has 1 atom stereocenters. The molecule has 0 aliphatic carbocycles. The van der Waals surface area contributed by atoms with Gasteiger partial charge in [-0.2, -0.15) is 0 Å². The highest BCUT2D eigenvalue weighted by molar-refractivity contribution is 7.84. The van der Waals surface area contributed by atoms with E-state index in [1.165, 1.54) is 0 Å². The van der Waals surface area contributed by atoms with Crippen LogP contribution in [0.25, 0.3) is 0 Å². The Morgan fingerprint density at radius 3 is 2.46 bits per heavy atom. The number of rotatable bonds is 8. The molecule has 7 heteroatoms. The van der Waals surface area contributed by atoms with Crippen LogP contribution >= 0.6 is 11.6 Å². The third kappa shape index (κ3) is 5.47. The zero-order chi connectivity index (χ0) is 19.9. The Labute approximate surface area is 171 Å². The van der Waals surface area contributed by atoms with Crippen molar-refractivity contribution >= 4 is 28.3 Å². The summed E-state index contributed by atoms with van der Waals surface area (Å²) < 4.78 is 23.3. The topological polar surface area (TPSA) is 68.5 Å². The summed E-state index contributed by atoms with van der Waals surface area (Å²) in [5.74, 6) is 1.33. The van der Waals surface area contributed by atoms with Gasteiger partial charge in [0.2, 0.25) is 0 Å². The van der Waals surface area contributed by atoms with Crippen LogP contribution in [0.3, 0.4) is 0 Å². The summed E-state index contributed by atoms with van der Waals surface area (Å²) in [5.41, 5.74) is 0.951. The SMILES string of the molecule is CCOc1ccc(CNC(=O)c2ccc(CS(=O)c3ccc(Cl)cc3)o2)cc1. The van der Waals surface area contributed by atoms with Gasteiger partial charge >= 0.3 is 0 Å². The summed E-state index contributed by atoms with van der Waals surface area (Å²) in [6.45, 7) is 2.91. The normalized spacial score (nSPS) is 11.8. The van der Waals surface area contributed by atoms with Gasteiger partial charge in [0.25, 0.3) is 5.91 Å². The van der Waals surface area contributed by atoms with Crippen LogP contribution in [0, 0.1) is 0 Å². The molecule has 0 aliphatic heterocycles. The first-order chi connectivity index (χ1) is 13.5. The van der Waals surface area contributed by atoms with Crippen molar-refractivity contribution < 1.29 is 18.2 Å². The number of carbonyl (C=O) groups is 1. The summed E-state index contributed by atoms with van der Waals surface area (Å²) in [5, 5.41) is 3.40. The molecular formula is C21H20ClNO4S. The molecule has 1 unspecified atom stereocenters. The lowest BCUT2D eigenvalue weighted by molar-refractivity contribution is 0.0921. The van der Waals surface area contributed by atoms with E-state index in [4.69, 9.17) is 20.8 Å². The lowest BCUT2D eigenvalue weighted by Crippen LogP contribution is -2.22. The van der Waals surface area contributed by atoms with Crippen LogP contribution in [0.2, 0.25) is 5.02 Å². The third-order valence-electron chi connectivity index (χ3n) is 3.92. The minimum Gasteiger partial charge on any atom is -0.494 e. The molecule has 0 radical (unpaired) electrons. The fourth-order valence-corrected chi connectivity index (χ4v) is 3.66. The van der Waals surface area contributed by atoms with E-state index >= 15 is 0 Å². The van der Waals surface area contributed by atoms with E-state index < -0.39 is 10.8 Å². The monoisotopic (exact) mass is 417 g/mol. The Kier molecular flexibility index (Phi) is 6.90. The van der Waals surface area contributed by atoms with E-state index in [0.29, 0.717) is 28.8 Å². The molecule has 1 N–H and O–H groups in total. The molecule has 146 valence electrons. The molecule has 1 aromatic heterocycles. The Balaban J connectivity index is 1.54. The zero-order valence-electron chi connectivity index (χ0n) is 15.3. The van der Waals surface area contributed by atoms with Gasteiger partial charge < -0.3 is 14.5 Å². The summed E-state index contributed by atoms with van der Waals surface area (Å²) in [6, 6.07) is 17.6. The smallest absolute Gasteiger partial charge is 0.287 e. The molecule has 3 aromatic rings. The van der Waals surface area contributed by atoms with Gasteiger partial charge in [0, 0.05) is 16.5 Å². The Bertz CT molecular complexity index is 951. The van der Waals surface area contributed by atoms with Crippen molar-refractivity contribution in [2.45, 2.75) is 24.1 Å². The van der Waals surface area contributed by atoms with Gasteiger partial charge in [0.05, 0.1) is 23.2 Å². The number of amides is 1. The van der Waals surface area contributed by atoms with Crippen LogP contribution in [-0.2, 0) is 23.1 Å². The number of furan rings is 1. The van der Waals surface area contributed by atoms with Gasteiger partial charge in [-0.15, -0.1) is 0 Å². The molecule has 0 fully saturated rings. The first-order valence-corrected chi connectivity index (χ1v) is 10.5. The summed E-state index contributed by atoms with van der Waals surface area (Å²) in [4.78, 5) is 12.9. The van der Waals surface area contributed by atoms with Crippen LogP contribution < -0.4 is 10.1 Å². The molecule has 0 bridgehead atoms. The molecule has 0 spiro atoms. The average Bonchev–Trinajstić information content (AvgIpc) is 3.16. The van der Waals surface area contributed by atoms with Crippen molar-refractivity contribution in [2.75, 3.05) is 6.61 Å². The zero-order valence-corrected chi connectivity index (χ0v) is 16.9. The number of nitrogens with one attached hydrogen (secondary N) is 1. The Morgan fingerprint density at radius 2 is 1.79 bits per heavy atom. The van der Waals surface area contributed by atoms with Gasteiger partial charge in [-0.05, 0) is 61.0 Å². The predicted molar refractivity (Wildman–Crippen MR) is 109 cm³/mol. The van der Waals surface area contributed by atoms with E-state index in [1.54, 1.807) is 36.4 Å². The van der Waals surface area contributed by atoms with E-state index in [2.05, 4.69) is 5.32 Å². The highest BCUT2D eigenvalue weighted by atomic mass is 35.5. The highest BCUT2D eigenvalue weighted by Crippen LogP contribution is 2.18. The third-order valence-corrected chi connectivity index (χ3v) is 5.52. The maximum absolute atomic E-state index is 12.4. The lowest BCUT2D eigenvalue weighted by Gasteiger charge is -2.06. The molecule has 1 heterocycles. The fourth-order valence-electron chi connectivity index (χ4n) is 2.52. The second kappa shape index (κ2) is 9.57. The van der Waals surface area contributed by atoms with Gasteiger partial charge in [0.15, 0.2) is 5.76 Å². The summed E-state index contributed by atoms with van der Waals surface area (Å²) in [6.07, 6.45) is 0. The van der Waals surface area contributed by atoms with Gasteiger partial charge in [-0.3, -0.25) is 9.00 Å². The van der Waals surface area contributed by atoms with Crippen LogP contribution in [-0.4, -0.2) is 16.7 Å². The van der Waals surface area contributed by atoms with Crippen molar-refractivity contribution in [1.29, 1.82) is 0 Å². The lowest BCUT2D eigenvalue weighted by atomic mass is 10.2. The van der Waals surface area contributed by atoms with E-state index in [-0.39, 0.29) is 17.4 Å². The summed E-state index contributed by atoms with van der Waals surface area (Å²) in [7, 11) is -1.28. The van der Waals surface area contributed by atoms with Gasteiger partial charge in [0.1, 0.15) is 11.5 Å². The molecule has 3 rings (SSSR count). The number of ether oxygens (including phenoxy) is 1. The Hall–Kier alpha value is -2.57. The molecule has 1 amide bonds. The van der Waals surface area contributed by atoms with Crippen molar-refractivity contribution in [3.63, 3.8) is 0 Å². The minimum absolute atomic E-state index is 0.188. The van der Waals surface area contributed by atoms with Crippen LogP contribution in [0.5, 0.6) is 5.75 Å². The predicted octanol–water partition coefficient (Wildman–Crippen LogP) is 4.57.